The maximum atomic E-state index is 14.9. The summed E-state index contributed by atoms with van der Waals surface area (Å²) in [5.74, 6) is -28.1. The van der Waals surface area contributed by atoms with Crippen LogP contribution in [0.5, 0.6) is 0 Å². The van der Waals surface area contributed by atoms with Crippen molar-refractivity contribution in [1.29, 1.82) is 0 Å². The fourth-order valence-electron chi connectivity index (χ4n) is 13.0. The molecule has 13 amide bonds. The summed E-state index contributed by atoms with van der Waals surface area (Å²) in [6.45, 7) is 1.46. The number of aliphatic hydroxyl groups excluding tert-OH is 2. The molecule has 43 nitrogen and oxygen atoms in total. The van der Waals surface area contributed by atoms with E-state index in [0.717, 1.165) is 59.3 Å². The number of carboxylic acid groups (broad SMARTS) is 4. The van der Waals surface area contributed by atoms with Crippen LogP contribution in [0.25, 0.3) is 10.9 Å². The van der Waals surface area contributed by atoms with Crippen molar-refractivity contribution in [1.82, 2.24) is 74.1 Å². The molecule has 2 aliphatic rings. The number of hydrogen-bond acceptors (Lipinski definition) is 25. The highest BCUT2D eigenvalue weighted by atomic mass is 16.5. The Bertz CT molecular complexity index is 4090. The molecule has 2 aromatic carbocycles. The molecule has 0 radical (unpaired) electrons. The van der Waals surface area contributed by atoms with Crippen LogP contribution in [0.1, 0.15) is 146 Å². The first-order chi connectivity index (χ1) is 55.3. The predicted molar refractivity (Wildman–Crippen MR) is 408 cm³/mol. The lowest BCUT2D eigenvalue weighted by molar-refractivity contribution is -0.156. The van der Waals surface area contributed by atoms with E-state index in [1.807, 2.05) is 0 Å². The Morgan fingerprint density at radius 2 is 1.18 bits per heavy atom. The molecule has 0 spiro atoms. The molecule has 1 aliphatic heterocycles. The normalized spacial score (nSPS) is 23.8. The summed E-state index contributed by atoms with van der Waals surface area (Å²) < 4.78 is 5.71. The monoisotopic (exact) mass is 1650 g/mol. The lowest BCUT2D eigenvalue weighted by Gasteiger charge is -2.30. The van der Waals surface area contributed by atoms with Crippen LogP contribution in [0.4, 0.5) is 5.69 Å². The maximum absolute atomic E-state index is 14.9. The smallest absolute Gasteiger partial charge is 0.329 e. The van der Waals surface area contributed by atoms with Crippen molar-refractivity contribution >= 4 is 129 Å². The summed E-state index contributed by atoms with van der Waals surface area (Å²) in [7, 11) is 0. The fraction of sp³-hybridized carbons (Fsp3) is 0.554. The number of carbonyl (C=O) groups excluding carboxylic acids is 15. The van der Waals surface area contributed by atoms with Gasteiger partial charge in [0, 0.05) is 47.1 Å². The van der Waals surface area contributed by atoms with Gasteiger partial charge in [0.25, 0.3) is 0 Å². The van der Waals surface area contributed by atoms with Gasteiger partial charge in [0.15, 0.2) is 5.78 Å². The van der Waals surface area contributed by atoms with Gasteiger partial charge in [-0.1, -0.05) is 69.9 Å². The molecule has 117 heavy (non-hydrogen) atoms. The van der Waals surface area contributed by atoms with Crippen molar-refractivity contribution < 1.29 is 126 Å². The number of anilines is 1. The number of aromatic nitrogens is 1. The molecule has 2 heterocycles. The summed E-state index contributed by atoms with van der Waals surface area (Å²) in [5.41, 5.74) is 18.2. The molecule has 5 rings (SSSR count). The number of aromatic amines is 1. The van der Waals surface area contributed by atoms with Crippen LogP contribution >= 0.6 is 0 Å². The topological polar surface area (TPSA) is 705 Å². The van der Waals surface area contributed by atoms with Crippen LogP contribution in [0.3, 0.4) is 0 Å². The van der Waals surface area contributed by atoms with Gasteiger partial charge in [0.1, 0.15) is 78.8 Å². The van der Waals surface area contributed by atoms with E-state index in [-0.39, 0.29) is 37.1 Å². The highest BCUT2D eigenvalue weighted by molar-refractivity contribution is 6.05. The second kappa shape index (κ2) is 46.9. The van der Waals surface area contributed by atoms with E-state index in [1.54, 1.807) is 30.5 Å². The van der Waals surface area contributed by atoms with Gasteiger partial charge in [-0.15, -0.1) is 0 Å². The number of unbranched alkanes of at least 4 members (excludes halogenated alkanes) is 2. The third-order valence-corrected chi connectivity index (χ3v) is 19.4. The van der Waals surface area contributed by atoms with Crippen LogP contribution in [0.15, 0.2) is 54.7 Å². The highest BCUT2D eigenvalue weighted by Gasteiger charge is 2.42. The summed E-state index contributed by atoms with van der Waals surface area (Å²) in [6.07, 6.45) is -3.63. The molecule has 3 aromatic rings. The molecule has 14 atom stereocenters. The van der Waals surface area contributed by atoms with Gasteiger partial charge in [-0.3, -0.25) is 91.6 Å². The minimum absolute atomic E-state index is 0.0881. The van der Waals surface area contributed by atoms with Crippen LogP contribution < -0.4 is 86.3 Å². The van der Waals surface area contributed by atoms with Crippen molar-refractivity contribution in [3.63, 3.8) is 0 Å². The fourth-order valence-corrected chi connectivity index (χ4v) is 13.0. The Balaban J connectivity index is 1.60. The number of para-hydroxylation sites is 2. The van der Waals surface area contributed by atoms with Crippen molar-refractivity contribution in [2.45, 2.75) is 216 Å². The number of β-amino-alcohol motifs (C(OH)–C–C–N with tert-alkyl or cyclic N) is 1. The van der Waals surface area contributed by atoms with Gasteiger partial charge in [0.05, 0.1) is 51.8 Å². The minimum atomic E-state index is -2.44. The van der Waals surface area contributed by atoms with E-state index < -0.39 is 261 Å². The molecule has 642 valence electrons. The molecule has 1 aliphatic carbocycles. The van der Waals surface area contributed by atoms with E-state index >= 15 is 0 Å². The summed E-state index contributed by atoms with van der Waals surface area (Å²) in [5, 5.41) is 90.5. The first kappa shape index (κ1) is 95.3. The molecular weight excluding hydrogens is 1540 g/mol. The van der Waals surface area contributed by atoms with E-state index in [0.29, 0.717) is 35.2 Å². The summed E-state index contributed by atoms with van der Waals surface area (Å²) in [4.78, 5) is 264. The molecular formula is C74H105N17O26. The molecule has 26 N–H and O–H groups in total. The maximum Gasteiger partial charge on any atom is 0.329 e. The first-order valence-electron chi connectivity index (χ1n) is 37.9. The van der Waals surface area contributed by atoms with Crippen LogP contribution in [0.2, 0.25) is 0 Å². The highest BCUT2D eigenvalue weighted by Crippen LogP contribution is 2.33. The number of amides is 13. The number of nitrogen functional groups attached to an aromatic ring is 1. The number of nitrogens with one attached hydrogen (secondary N) is 14. The second-order valence-corrected chi connectivity index (χ2v) is 28.7. The number of nitrogens with two attached hydrogens (primary N) is 3. The minimum Gasteiger partial charge on any atom is -0.481 e. The quantitative estimate of drug-likeness (QED) is 0.0120. The molecule has 1 saturated carbocycles. The van der Waals surface area contributed by atoms with Gasteiger partial charge in [-0.2, -0.15) is 0 Å². The Morgan fingerprint density at radius 1 is 0.590 bits per heavy atom. The summed E-state index contributed by atoms with van der Waals surface area (Å²) in [6, 6.07) is -10.2. The van der Waals surface area contributed by atoms with Gasteiger partial charge >= 0.3 is 29.8 Å². The van der Waals surface area contributed by atoms with Gasteiger partial charge < -0.3 is 121 Å². The number of Topliss-reactive ketones (excluding diaryl/α,β-unsaturated/α-hetero) is 1. The first-order valence-corrected chi connectivity index (χ1v) is 37.9. The number of cyclic esters (lactones) is 1. The Morgan fingerprint density at radius 3 is 1.79 bits per heavy atom. The van der Waals surface area contributed by atoms with E-state index in [9.17, 15) is 122 Å². The number of ketones is 1. The molecule has 1 unspecified atom stereocenters. The number of aliphatic hydroxyl groups is 2. The van der Waals surface area contributed by atoms with Gasteiger partial charge in [-0.05, 0) is 94.5 Å². The standard InChI is InChI=1S/C74H105N17O26/c1-5-6-7-13-38-19-21-39(22-20-38)64(106)85-46(25-40-31-78-44-17-11-9-14-41(40)44)68(110)86-47(27-54(77)94)69(111)88-50(30-60(103)104)70(112)91-62-37(4)117-74(116)51(26-53(93)42-15-8-10-16-43(42)76)89-73(115)61(35(2)24-57(97)98)90-71(113)52(34-92)83-56(96)32-79-65(107)48(28-58(99)100)84-63(105)36(3)81-67(109)49(29-59(101)102)87-66(108)45(18-12-23-75)82-55(95)33-80-72(62)114/h8-11,14-17,31,35-39,45-52,56,61-62,78,83,92,96H,5-7,12-13,18-30,32-34,75-76H2,1-4H3,(H2,77,94)(H,79,107)(H,80,114)(H,81,109)(H,82,95)(H,84,105)(H,85,106)(H,86,110)(H,87,108)(H,88,111)(H,89,115)(H,90,113)(H,91,112)(H,97,98)(H,99,100)(H,101,102)(H,103,104)/t35-,36-,37-,38?,39?,45+,46+,47-,48+,49+,50+,51+,52-,56?,61+,62+/m1/s1. The Labute approximate surface area is 669 Å². The van der Waals surface area contributed by atoms with Crippen LogP contribution in [-0.2, 0) is 97.5 Å². The number of esters is 1. The number of H-pyrrole nitrogens is 1. The van der Waals surface area contributed by atoms with Crippen molar-refractivity contribution in [2.75, 3.05) is 32.0 Å². The van der Waals surface area contributed by atoms with Crippen molar-refractivity contribution in [3.05, 3.63) is 65.9 Å². The Kier molecular flexibility index (Phi) is 38.3. The number of carboxylic acids is 4. The largest absolute Gasteiger partial charge is 0.481 e. The van der Waals surface area contributed by atoms with E-state index in [4.69, 9.17) is 21.9 Å². The number of fused-ring (bicyclic) bond motifs is 1. The van der Waals surface area contributed by atoms with Crippen molar-refractivity contribution in [3.8, 4) is 0 Å². The van der Waals surface area contributed by atoms with Crippen molar-refractivity contribution in [2.24, 2.45) is 29.2 Å². The number of carbonyl (C=O) groups is 19. The summed E-state index contributed by atoms with van der Waals surface area (Å²) >= 11 is 0. The average Bonchev–Trinajstić information content (AvgIpc) is 1.64. The number of aliphatic carboxylic acids is 4. The SMILES string of the molecule is CCCCCC1CCC(C(=O)N[C@@H](Cc2c[nH]c3ccccc23)C(=O)N[C@H](CC(N)=O)C(=O)N[C@@H](CC(=O)O)C(=O)N[C@@H]2C(=O)NCC(=O)N[C@@H](CCCN)C(=O)N[C@@H](CC(=O)O)C(=O)N[C@H](C)C(=O)N[C@@H](CC(=O)O)C(=O)NCC(O)N[C@H](CO)C(=O)N[C@@H]([C@H](C)CC(=O)O)C(=O)N[C@@H](CC(=O)c3ccccc3N)C(=O)O[C@@H]2C)CC1. The molecule has 1 saturated heterocycles. The molecule has 2 fully saturated rings. The third-order valence-electron chi connectivity index (χ3n) is 19.4. The second-order valence-electron chi connectivity index (χ2n) is 28.7. The number of hydrogen-bond donors (Lipinski definition) is 23. The Hall–Kier alpha value is -12.2. The molecule has 1 aromatic heterocycles. The predicted octanol–water partition coefficient (Wildman–Crippen LogP) is -5.58. The lowest BCUT2D eigenvalue weighted by atomic mass is 9.79. The zero-order valence-corrected chi connectivity index (χ0v) is 64.9. The number of primary amides is 1. The molecule has 0 bridgehead atoms. The zero-order valence-electron chi connectivity index (χ0n) is 64.9. The van der Waals surface area contributed by atoms with Crippen LogP contribution in [-0.4, -0.2) is 253 Å². The van der Waals surface area contributed by atoms with Crippen LogP contribution in [0, 0.1) is 17.8 Å². The third kappa shape index (κ3) is 31.1. The lowest BCUT2D eigenvalue weighted by Crippen LogP contribution is -2.62. The zero-order chi connectivity index (χ0) is 86.9. The van der Waals surface area contributed by atoms with Gasteiger partial charge in [-0.25, -0.2) is 4.79 Å². The number of ether oxygens (including phenoxy) is 1. The average molecular weight is 1650 g/mol. The van der Waals surface area contributed by atoms with E-state index in [2.05, 4.69) is 81.0 Å². The number of benzene rings is 2. The molecule has 43 heteroatoms. The van der Waals surface area contributed by atoms with E-state index in [1.165, 1.54) is 24.3 Å². The number of rotatable bonds is 32. The van der Waals surface area contributed by atoms with Gasteiger partial charge in [0.2, 0.25) is 76.8 Å².